The first-order chi connectivity index (χ1) is 12.7. The summed E-state index contributed by atoms with van der Waals surface area (Å²) in [6.45, 7) is 6.17. The molecule has 6 rings (SSSR count). The maximum Gasteiger partial charge on any atom is 0.0173 e. The molecule has 1 heterocycles. The van der Waals surface area contributed by atoms with Crippen LogP contribution in [-0.2, 0) is 5.41 Å². The molecular formula is C25H29N. The highest BCUT2D eigenvalue weighted by molar-refractivity contribution is 5.59. The normalized spacial score (nSPS) is 32.5. The quantitative estimate of drug-likeness (QED) is 0.708. The van der Waals surface area contributed by atoms with E-state index in [2.05, 4.69) is 54.3 Å². The molecule has 2 bridgehead atoms. The Morgan fingerprint density at radius 1 is 1.00 bits per heavy atom. The summed E-state index contributed by atoms with van der Waals surface area (Å²) in [5.74, 6) is 2.28. The molecule has 0 amide bonds. The molecular weight excluding hydrogens is 314 g/mol. The van der Waals surface area contributed by atoms with Gasteiger partial charge in [-0.2, -0.15) is 0 Å². The molecule has 1 spiro atoms. The zero-order chi connectivity index (χ0) is 17.3. The summed E-state index contributed by atoms with van der Waals surface area (Å²) < 4.78 is 0. The summed E-state index contributed by atoms with van der Waals surface area (Å²) in [5, 5.41) is 0. The summed E-state index contributed by atoms with van der Waals surface area (Å²) in [5.41, 5.74) is 8.41. The number of hydrogen-bond acceptors (Lipinski definition) is 1. The molecule has 1 heteroatoms. The number of nitrogens with zero attached hydrogens (tertiary/aromatic N) is 1. The van der Waals surface area contributed by atoms with Gasteiger partial charge in [-0.3, -0.25) is 0 Å². The van der Waals surface area contributed by atoms with Gasteiger partial charge in [-0.1, -0.05) is 60.9 Å². The van der Waals surface area contributed by atoms with Gasteiger partial charge in [-0.15, -0.1) is 0 Å². The van der Waals surface area contributed by atoms with E-state index >= 15 is 0 Å². The van der Waals surface area contributed by atoms with Crippen LogP contribution in [0.4, 0.5) is 0 Å². The zero-order valence-corrected chi connectivity index (χ0v) is 15.9. The van der Waals surface area contributed by atoms with Gasteiger partial charge in [0.05, 0.1) is 0 Å². The first kappa shape index (κ1) is 15.5. The van der Waals surface area contributed by atoms with Crippen molar-refractivity contribution < 1.29 is 0 Å². The lowest BCUT2D eigenvalue weighted by atomic mass is 9.65. The highest BCUT2D eigenvalue weighted by Crippen LogP contribution is 2.63. The van der Waals surface area contributed by atoms with Crippen LogP contribution < -0.4 is 0 Å². The SMILES string of the molecule is Cc1ccc2c(c1)C13CC2c2ccccc2C1CN(CC1CCCC1)C3. The molecule has 4 aliphatic rings. The molecule has 0 aromatic heterocycles. The predicted molar refractivity (Wildman–Crippen MR) is 107 cm³/mol. The Morgan fingerprint density at radius 3 is 2.65 bits per heavy atom. The van der Waals surface area contributed by atoms with Crippen molar-refractivity contribution in [2.45, 2.75) is 56.3 Å². The average molecular weight is 344 g/mol. The van der Waals surface area contributed by atoms with Crippen LogP contribution in [0.5, 0.6) is 0 Å². The molecule has 3 unspecified atom stereocenters. The Labute approximate surface area is 157 Å². The summed E-state index contributed by atoms with van der Waals surface area (Å²) in [6, 6.07) is 16.7. The zero-order valence-electron chi connectivity index (χ0n) is 15.9. The Bertz CT molecular complexity index is 862. The molecule has 1 nitrogen and oxygen atoms in total. The molecule has 2 aromatic carbocycles. The summed E-state index contributed by atoms with van der Waals surface area (Å²) >= 11 is 0. The summed E-state index contributed by atoms with van der Waals surface area (Å²) in [6.07, 6.45) is 7.18. The van der Waals surface area contributed by atoms with Crippen molar-refractivity contribution in [1.29, 1.82) is 0 Å². The maximum atomic E-state index is 2.84. The molecule has 2 aromatic rings. The van der Waals surface area contributed by atoms with Crippen LogP contribution in [0.15, 0.2) is 42.5 Å². The Kier molecular flexibility index (Phi) is 3.24. The molecule has 0 N–H and O–H groups in total. The number of rotatable bonds is 2. The van der Waals surface area contributed by atoms with E-state index in [-0.39, 0.29) is 0 Å². The van der Waals surface area contributed by atoms with E-state index in [0.29, 0.717) is 17.3 Å². The van der Waals surface area contributed by atoms with Crippen molar-refractivity contribution in [3.05, 3.63) is 70.3 Å². The van der Waals surface area contributed by atoms with E-state index in [9.17, 15) is 0 Å². The van der Waals surface area contributed by atoms with Crippen molar-refractivity contribution in [2.75, 3.05) is 19.6 Å². The van der Waals surface area contributed by atoms with E-state index < -0.39 is 0 Å². The second-order valence-corrected chi connectivity index (χ2v) is 9.53. The highest BCUT2D eigenvalue weighted by atomic mass is 15.2. The van der Waals surface area contributed by atoms with Crippen LogP contribution >= 0.6 is 0 Å². The monoisotopic (exact) mass is 343 g/mol. The number of benzene rings is 2. The fourth-order valence-electron chi connectivity index (χ4n) is 6.99. The number of hydrogen-bond donors (Lipinski definition) is 0. The van der Waals surface area contributed by atoms with Crippen LogP contribution in [0.2, 0.25) is 0 Å². The predicted octanol–water partition coefficient (Wildman–Crippen LogP) is 5.37. The van der Waals surface area contributed by atoms with Crippen molar-refractivity contribution in [2.24, 2.45) is 5.92 Å². The minimum absolute atomic E-state index is 0.374. The van der Waals surface area contributed by atoms with Crippen LogP contribution in [0.3, 0.4) is 0 Å². The lowest BCUT2D eigenvalue weighted by Gasteiger charge is -2.37. The van der Waals surface area contributed by atoms with Crippen molar-refractivity contribution >= 4 is 0 Å². The van der Waals surface area contributed by atoms with E-state index in [4.69, 9.17) is 0 Å². The van der Waals surface area contributed by atoms with Crippen molar-refractivity contribution in [1.82, 2.24) is 4.90 Å². The third-order valence-corrected chi connectivity index (χ3v) is 8.04. The van der Waals surface area contributed by atoms with E-state index in [1.165, 1.54) is 57.3 Å². The molecule has 134 valence electrons. The Balaban J connectivity index is 1.47. The maximum absolute atomic E-state index is 2.84. The van der Waals surface area contributed by atoms with Crippen molar-refractivity contribution in [3.8, 4) is 0 Å². The number of aryl methyl sites for hydroxylation is 1. The third-order valence-electron chi connectivity index (χ3n) is 8.04. The molecule has 1 saturated carbocycles. The first-order valence-corrected chi connectivity index (χ1v) is 10.7. The fraction of sp³-hybridized carbons (Fsp3) is 0.520. The minimum Gasteiger partial charge on any atom is -0.302 e. The highest BCUT2D eigenvalue weighted by Gasteiger charge is 2.58. The second-order valence-electron chi connectivity index (χ2n) is 9.53. The summed E-state index contributed by atoms with van der Waals surface area (Å²) in [7, 11) is 0. The van der Waals surface area contributed by atoms with Gasteiger partial charge in [0.2, 0.25) is 0 Å². The van der Waals surface area contributed by atoms with Crippen LogP contribution in [0, 0.1) is 12.8 Å². The number of fused-ring (bicyclic) bond motifs is 3. The third kappa shape index (κ3) is 2.01. The lowest BCUT2D eigenvalue weighted by Crippen LogP contribution is -2.35. The van der Waals surface area contributed by atoms with Crippen molar-refractivity contribution in [3.63, 3.8) is 0 Å². The smallest absolute Gasteiger partial charge is 0.0173 e. The average Bonchev–Trinajstić information content (AvgIpc) is 3.35. The van der Waals surface area contributed by atoms with Gasteiger partial charge >= 0.3 is 0 Å². The van der Waals surface area contributed by atoms with E-state index in [1.807, 2.05) is 0 Å². The van der Waals surface area contributed by atoms with Crippen LogP contribution in [0.1, 0.15) is 71.8 Å². The molecule has 1 aliphatic heterocycles. The molecule has 26 heavy (non-hydrogen) atoms. The lowest BCUT2D eigenvalue weighted by molar-refractivity contribution is 0.260. The summed E-state index contributed by atoms with van der Waals surface area (Å²) in [4.78, 5) is 2.84. The largest absolute Gasteiger partial charge is 0.302 e. The molecule has 1 saturated heterocycles. The van der Waals surface area contributed by atoms with Gasteiger partial charge in [0.15, 0.2) is 0 Å². The first-order valence-electron chi connectivity index (χ1n) is 10.7. The Hall–Kier alpha value is -1.60. The van der Waals surface area contributed by atoms with Crippen LogP contribution in [0.25, 0.3) is 0 Å². The van der Waals surface area contributed by atoms with E-state index in [1.54, 1.807) is 22.3 Å². The van der Waals surface area contributed by atoms with Gasteiger partial charge in [-0.25, -0.2) is 0 Å². The molecule has 3 aliphatic carbocycles. The van der Waals surface area contributed by atoms with Gasteiger partial charge in [-0.05, 0) is 54.4 Å². The van der Waals surface area contributed by atoms with Gasteiger partial charge in [0.1, 0.15) is 0 Å². The fourth-order valence-corrected chi connectivity index (χ4v) is 6.99. The molecule has 2 fully saturated rings. The topological polar surface area (TPSA) is 3.24 Å². The second kappa shape index (κ2) is 5.45. The standard InChI is InChI=1S/C25H29N/c1-17-10-11-21-22-13-25(23(21)12-17)16-26(14-18-6-2-3-7-18)15-24(25)20-9-5-4-8-19(20)22/h4-5,8-12,18,22,24H,2-3,6-7,13-16H2,1H3. The van der Waals surface area contributed by atoms with Gasteiger partial charge in [0.25, 0.3) is 0 Å². The number of likely N-dealkylation sites (tertiary alicyclic amines) is 1. The van der Waals surface area contributed by atoms with Gasteiger partial charge in [0, 0.05) is 36.9 Å². The molecule has 3 atom stereocenters. The van der Waals surface area contributed by atoms with Gasteiger partial charge < -0.3 is 4.90 Å². The Morgan fingerprint density at radius 2 is 1.81 bits per heavy atom. The molecule has 0 radical (unpaired) electrons. The van der Waals surface area contributed by atoms with E-state index in [0.717, 1.165) is 5.92 Å². The van der Waals surface area contributed by atoms with Crippen LogP contribution in [-0.4, -0.2) is 24.5 Å². The minimum atomic E-state index is 0.374.